The third kappa shape index (κ3) is 2.86. The number of thiophene rings is 1. The van der Waals surface area contributed by atoms with E-state index < -0.39 is 0 Å². The smallest absolute Gasteiger partial charge is 0.0991 e. The summed E-state index contributed by atoms with van der Waals surface area (Å²) in [6.07, 6.45) is 5.53. The van der Waals surface area contributed by atoms with Gasteiger partial charge in [-0.3, -0.25) is 0 Å². The van der Waals surface area contributed by atoms with E-state index in [9.17, 15) is 0 Å². The van der Waals surface area contributed by atoms with E-state index in [0.717, 1.165) is 28.5 Å². The van der Waals surface area contributed by atoms with E-state index in [-0.39, 0.29) is 0 Å². The van der Waals surface area contributed by atoms with Gasteiger partial charge in [0.15, 0.2) is 0 Å². The molecule has 1 N–H and O–H groups in total. The van der Waals surface area contributed by atoms with Gasteiger partial charge in [0.25, 0.3) is 0 Å². The van der Waals surface area contributed by atoms with Gasteiger partial charge in [0.1, 0.15) is 0 Å². The van der Waals surface area contributed by atoms with Crippen LogP contribution in [0.2, 0.25) is 5.02 Å². The summed E-state index contributed by atoms with van der Waals surface area (Å²) in [5, 5.41) is 6.31. The topological polar surface area (TPSA) is 29.9 Å². The Bertz CT molecular complexity index is 704. The van der Waals surface area contributed by atoms with Crippen LogP contribution in [-0.2, 0) is 6.54 Å². The minimum Gasteiger partial charge on any atom is -0.380 e. The van der Waals surface area contributed by atoms with E-state index in [1.54, 1.807) is 23.9 Å². The largest absolute Gasteiger partial charge is 0.380 e. The van der Waals surface area contributed by atoms with E-state index in [4.69, 9.17) is 11.6 Å². The standard InChI is InChI=1S/C15H14ClN3S/c1-11-2-3-12(6-15(11)16)18-8-14-7-13(9-20-14)19-5-4-17-10-19/h2-7,9-10,18H,8H2,1H3. The summed E-state index contributed by atoms with van der Waals surface area (Å²) in [5.41, 5.74) is 3.28. The van der Waals surface area contributed by atoms with Crippen molar-refractivity contribution in [1.29, 1.82) is 0 Å². The lowest BCUT2D eigenvalue weighted by atomic mass is 10.2. The van der Waals surface area contributed by atoms with E-state index >= 15 is 0 Å². The number of aryl methyl sites for hydroxylation is 1. The molecule has 0 bridgehead atoms. The van der Waals surface area contributed by atoms with Gasteiger partial charge in [-0.1, -0.05) is 17.7 Å². The van der Waals surface area contributed by atoms with Crippen LogP contribution in [0.15, 0.2) is 48.4 Å². The van der Waals surface area contributed by atoms with E-state index in [1.807, 2.05) is 35.9 Å². The van der Waals surface area contributed by atoms with E-state index in [2.05, 4.69) is 21.7 Å². The van der Waals surface area contributed by atoms with Crippen LogP contribution in [0.3, 0.4) is 0 Å². The molecule has 0 fully saturated rings. The van der Waals surface area contributed by atoms with Crippen LogP contribution < -0.4 is 5.32 Å². The molecule has 0 amide bonds. The molecule has 3 aromatic rings. The quantitative estimate of drug-likeness (QED) is 0.768. The first-order valence-electron chi connectivity index (χ1n) is 6.28. The molecule has 102 valence electrons. The Hall–Kier alpha value is -1.78. The highest BCUT2D eigenvalue weighted by Gasteiger charge is 2.02. The zero-order chi connectivity index (χ0) is 13.9. The van der Waals surface area contributed by atoms with Crippen molar-refractivity contribution in [2.45, 2.75) is 13.5 Å². The van der Waals surface area contributed by atoms with Gasteiger partial charge in [-0.15, -0.1) is 11.3 Å². The lowest BCUT2D eigenvalue weighted by molar-refractivity contribution is 1.06. The first-order valence-corrected chi connectivity index (χ1v) is 7.54. The van der Waals surface area contributed by atoms with Gasteiger partial charge in [0.05, 0.1) is 12.0 Å². The second kappa shape index (κ2) is 5.69. The molecule has 3 nitrogen and oxygen atoms in total. The number of hydrogen-bond donors (Lipinski definition) is 1. The van der Waals surface area contributed by atoms with Crippen molar-refractivity contribution in [3.8, 4) is 5.69 Å². The zero-order valence-electron chi connectivity index (χ0n) is 11.0. The molecule has 0 aliphatic rings. The number of rotatable bonds is 4. The van der Waals surface area contributed by atoms with Crippen LogP contribution in [0, 0.1) is 6.92 Å². The predicted octanol–water partition coefficient (Wildman–Crippen LogP) is 4.51. The molecule has 0 radical (unpaired) electrons. The van der Waals surface area contributed by atoms with Gasteiger partial charge in [0, 0.05) is 39.9 Å². The van der Waals surface area contributed by atoms with Crippen LogP contribution >= 0.6 is 22.9 Å². The monoisotopic (exact) mass is 303 g/mol. The fraction of sp³-hybridized carbons (Fsp3) is 0.133. The minimum absolute atomic E-state index is 0.790. The summed E-state index contributed by atoms with van der Waals surface area (Å²) in [7, 11) is 0. The lowest BCUT2D eigenvalue weighted by Gasteiger charge is -2.06. The van der Waals surface area contributed by atoms with Gasteiger partial charge in [-0.25, -0.2) is 4.98 Å². The van der Waals surface area contributed by atoms with Crippen LogP contribution in [0.1, 0.15) is 10.4 Å². The zero-order valence-corrected chi connectivity index (χ0v) is 12.6. The molecule has 0 spiro atoms. The maximum absolute atomic E-state index is 6.12. The number of benzene rings is 1. The van der Waals surface area contributed by atoms with Gasteiger partial charge >= 0.3 is 0 Å². The number of imidazole rings is 1. The first-order chi connectivity index (χ1) is 9.72. The van der Waals surface area contributed by atoms with Crippen LogP contribution in [0.4, 0.5) is 5.69 Å². The number of anilines is 1. The first kappa shape index (κ1) is 13.2. The molecule has 0 saturated heterocycles. The summed E-state index contributed by atoms with van der Waals surface area (Å²) >= 11 is 7.85. The van der Waals surface area contributed by atoms with Crippen molar-refractivity contribution in [2.75, 3.05) is 5.32 Å². The predicted molar refractivity (Wildman–Crippen MR) is 85.0 cm³/mol. The molecule has 0 aliphatic heterocycles. The maximum Gasteiger partial charge on any atom is 0.0991 e. The third-order valence-corrected chi connectivity index (χ3v) is 4.41. The van der Waals surface area contributed by atoms with Crippen molar-refractivity contribution in [3.63, 3.8) is 0 Å². The molecule has 0 atom stereocenters. The number of hydrogen-bond acceptors (Lipinski definition) is 3. The van der Waals surface area contributed by atoms with Crippen molar-refractivity contribution in [1.82, 2.24) is 9.55 Å². The second-order valence-corrected chi connectivity index (χ2v) is 5.96. The molecule has 0 aliphatic carbocycles. The molecular weight excluding hydrogens is 290 g/mol. The number of nitrogens with zero attached hydrogens (tertiary/aromatic N) is 2. The Morgan fingerprint density at radius 1 is 1.35 bits per heavy atom. The Balaban J connectivity index is 1.68. The summed E-state index contributed by atoms with van der Waals surface area (Å²) in [4.78, 5) is 5.33. The highest BCUT2D eigenvalue weighted by atomic mass is 35.5. The molecule has 3 rings (SSSR count). The highest BCUT2D eigenvalue weighted by Crippen LogP contribution is 2.22. The molecule has 5 heteroatoms. The van der Waals surface area contributed by atoms with Gasteiger partial charge in [-0.05, 0) is 30.7 Å². The molecule has 20 heavy (non-hydrogen) atoms. The van der Waals surface area contributed by atoms with Gasteiger partial charge in [-0.2, -0.15) is 0 Å². The Kier molecular flexibility index (Phi) is 3.76. The van der Waals surface area contributed by atoms with Crippen molar-refractivity contribution >= 4 is 28.6 Å². The van der Waals surface area contributed by atoms with Crippen LogP contribution in [0.5, 0.6) is 0 Å². The molecule has 2 heterocycles. The molecule has 2 aromatic heterocycles. The number of halogens is 1. The number of aromatic nitrogens is 2. The molecule has 0 unspecified atom stereocenters. The van der Waals surface area contributed by atoms with Crippen molar-refractivity contribution < 1.29 is 0 Å². The fourth-order valence-electron chi connectivity index (χ4n) is 1.90. The maximum atomic E-state index is 6.12. The average Bonchev–Trinajstić information content (AvgIpc) is 3.09. The SMILES string of the molecule is Cc1ccc(NCc2cc(-n3ccnc3)cs2)cc1Cl. The van der Waals surface area contributed by atoms with Crippen molar-refractivity contribution in [3.05, 3.63) is 63.8 Å². The van der Waals surface area contributed by atoms with E-state index in [1.165, 1.54) is 4.88 Å². The fourth-order valence-corrected chi connectivity index (χ4v) is 2.89. The van der Waals surface area contributed by atoms with Crippen LogP contribution in [0.25, 0.3) is 5.69 Å². The third-order valence-electron chi connectivity index (χ3n) is 3.08. The highest BCUT2D eigenvalue weighted by molar-refractivity contribution is 7.10. The normalized spacial score (nSPS) is 10.7. The van der Waals surface area contributed by atoms with Gasteiger partial charge in [0.2, 0.25) is 0 Å². The molecule has 0 saturated carbocycles. The Morgan fingerprint density at radius 3 is 3.00 bits per heavy atom. The average molecular weight is 304 g/mol. The summed E-state index contributed by atoms with van der Waals surface area (Å²) in [6, 6.07) is 8.19. The molecule has 1 aromatic carbocycles. The Morgan fingerprint density at radius 2 is 2.25 bits per heavy atom. The summed E-state index contributed by atoms with van der Waals surface area (Å²) in [5.74, 6) is 0. The second-order valence-electron chi connectivity index (χ2n) is 4.56. The number of nitrogens with one attached hydrogen (secondary N) is 1. The summed E-state index contributed by atoms with van der Waals surface area (Å²) < 4.78 is 2.00. The van der Waals surface area contributed by atoms with Crippen molar-refractivity contribution in [2.24, 2.45) is 0 Å². The van der Waals surface area contributed by atoms with Gasteiger partial charge < -0.3 is 9.88 Å². The lowest BCUT2D eigenvalue weighted by Crippen LogP contribution is -1.97. The Labute approximate surface area is 126 Å². The molecular formula is C15H14ClN3S. The van der Waals surface area contributed by atoms with E-state index in [0.29, 0.717) is 0 Å². The van der Waals surface area contributed by atoms with Crippen LogP contribution in [-0.4, -0.2) is 9.55 Å². The minimum atomic E-state index is 0.790. The summed E-state index contributed by atoms with van der Waals surface area (Å²) in [6.45, 7) is 2.79.